The summed E-state index contributed by atoms with van der Waals surface area (Å²) in [6, 6.07) is 5.91. The third kappa shape index (κ3) is 2.63. The van der Waals surface area contributed by atoms with Gasteiger partial charge in [0.05, 0.1) is 10.7 Å². The fourth-order valence-corrected chi connectivity index (χ4v) is 1.64. The molecule has 0 fully saturated rings. The molecule has 0 bridgehead atoms. The highest BCUT2D eigenvalue weighted by atomic mass is 35.5. The summed E-state index contributed by atoms with van der Waals surface area (Å²) in [5.41, 5.74) is 7.57. The van der Waals surface area contributed by atoms with Crippen LogP contribution < -0.4 is 5.73 Å². The lowest BCUT2D eigenvalue weighted by Crippen LogP contribution is -1.94. The van der Waals surface area contributed by atoms with Crippen LogP contribution in [-0.4, -0.2) is 0 Å². The van der Waals surface area contributed by atoms with E-state index in [1.807, 2.05) is 12.1 Å². The normalized spacial score (nSPS) is 12.8. The number of hydrogen-bond donors (Lipinski definition) is 1. The van der Waals surface area contributed by atoms with Gasteiger partial charge in [-0.1, -0.05) is 37.9 Å². The molecule has 1 aromatic carbocycles. The molecule has 0 heterocycles. The summed E-state index contributed by atoms with van der Waals surface area (Å²) in [7, 11) is 0. The minimum absolute atomic E-state index is 0.572. The highest BCUT2D eigenvalue weighted by Crippen LogP contribution is 2.26. The van der Waals surface area contributed by atoms with Gasteiger partial charge in [-0.25, -0.2) is 0 Å². The molecule has 0 aromatic heterocycles. The van der Waals surface area contributed by atoms with Crippen LogP contribution in [0.1, 0.15) is 38.2 Å². The van der Waals surface area contributed by atoms with E-state index in [0.29, 0.717) is 16.6 Å². The average molecular weight is 198 g/mol. The van der Waals surface area contributed by atoms with E-state index in [4.69, 9.17) is 17.3 Å². The van der Waals surface area contributed by atoms with E-state index in [1.165, 1.54) is 18.4 Å². The number of nitrogens with two attached hydrogens (primary N) is 1. The molecule has 0 aliphatic rings. The van der Waals surface area contributed by atoms with Crippen molar-refractivity contribution >= 4 is 17.3 Å². The van der Waals surface area contributed by atoms with Gasteiger partial charge in [-0.15, -0.1) is 0 Å². The van der Waals surface area contributed by atoms with Crippen molar-refractivity contribution in [2.45, 2.75) is 32.6 Å². The largest absolute Gasteiger partial charge is 0.398 e. The molecule has 1 unspecified atom stereocenters. The van der Waals surface area contributed by atoms with Crippen LogP contribution in [0.15, 0.2) is 18.2 Å². The molecule has 0 amide bonds. The Hall–Kier alpha value is -0.690. The van der Waals surface area contributed by atoms with Crippen LogP contribution in [-0.2, 0) is 0 Å². The average Bonchev–Trinajstić information content (AvgIpc) is 2.10. The quantitative estimate of drug-likeness (QED) is 0.733. The predicted molar refractivity (Wildman–Crippen MR) is 59.2 cm³/mol. The second-order valence-electron chi connectivity index (χ2n) is 3.47. The maximum Gasteiger partial charge on any atom is 0.0638 e. The van der Waals surface area contributed by atoms with Crippen molar-refractivity contribution < 1.29 is 0 Å². The summed E-state index contributed by atoms with van der Waals surface area (Å²) in [6.45, 7) is 4.40. The maximum absolute atomic E-state index is 5.93. The molecule has 1 nitrogen and oxygen atoms in total. The van der Waals surface area contributed by atoms with E-state index >= 15 is 0 Å². The van der Waals surface area contributed by atoms with E-state index in [2.05, 4.69) is 19.9 Å². The third-order valence-electron chi connectivity index (χ3n) is 2.32. The Kier molecular flexibility index (Phi) is 3.61. The molecular weight excluding hydrogens is 182 g/mol. The van der Waals surface area contributed by atoms with E-state index in [1.54, 1.807) is 0 Å². The van der Waals surface area contributed by atoms with Crippen LogP contribution in [0.5, 0.6) is 0 Å². The number of nitrogen functional groups attached to an aromatic ring is 1. The van der Waals surface area contributed by atoms with Gasteiger partial charge in [0.2, 0.25) is 0 Å². The predicted octanol–water partition coefficient (Wildman–Crippen LogP) is 3.83. The van der Waals surface area contributed by atoms with Crippen LogP contribution in [0.25, 0.3) is 0 Å². The first-order valence-electron chi connectivity index (χ1n) is 4.70. The van der Waals surface area contributed by atoms with E-state index in [0.717, 1.165) is 0 Å². The first kappa shape index (κ1) is 10.4. The van der Waals surface area contributed by atoms with Gasteiger partial charge in [-0.2, -0.15) is 0 Å². The lowest BCUT2D eigenvalue weighted by atomic mass is 9.96. The molecule has 0 spiro atoms. The van der Waals surface area contributed by atoms with Gasteiger partial charge in [0.15, 0.2) is 0 Å². The van der Waals surface area contributed by atoms with Crippen LogP contribution in [0, 0.1) is 0 Å². The maximum atomic E-state index is 5.93. The molecule has 13 heavy (non-hydrogen) atoms. The van der Waals surface area contributed by atoms with E-state index < -0.39 is 0 Å². The summed E-state index contributed by atoms with van der Waals surface area (Å²) < 4.78 is 0. The topological polar surface area (TPSA) is 26.0 Å². The first-order chi connectivity index (χ1) is 6.15. The van der Waals surface area contributed by atoms with Gasteiger partial charge in [0.1, 0.15) is 0 Å². The van der Waals surface area contributed by atoms with Crippen LogP contribution in [0.2, 0.25) is 5.02 Å². The van der Waals surface area contributed by atoms with Gasteiger partial charge in [0, 0.05) is 0 Å². The Bertz CT molecular complexity index is 283. The zero-order valence-corrected chi connectivity index (χ0v) is 8.93. The van der Waals surface area contributed by atoms with Crippen molar-refractivity contribution in [3.05, 3.63) is 28.8 Å². The van der Waals surface area contributed by atoms with Crippen molar-refractivity contribution in [1.29, 1.82) is 0 Å². The third-order valence-corrected chi connectivity index (χ3v) is 2.64. The lowest BCUT2D eigenvalue weighted by molar-refractivity contribution is 0.665. The Morgan fingerprint density at radius 3 is 2.69 bits per heavy atom. The standard InChI is InChI=1S/C11H16ClN/c1-3-4-8(2)9-5-6-11(13)10(12)7-9/h5-8H,3-4,13H2,1-2H3. The zero-order chi connectivity index (χ0) is 9.84. The van der Waals surface area contributed by atoms with Crippen LogP contribution >= 0.6 is 11.6 Å². The van der Waals surface area contributed by atoms with Crippen molar-refractivity contribution in [3.8, 4) is 0 Å². The minimum Gasteiger partial charge on any atom is -0.398 e. The molecule has 0 saturated carbocycles. The number of rotatable bonds is 3. The van der Waals surface area contributed by atoms with Crippen molar-refractivity contribution in [3.63, 3.8) is 0 Å². The fourth-order valence-electron chi connectivity index (χ4n) is 1.45. The van der Waals surface area contributed by atoms with Gasteiger partial charge in [-0.3, -0.25) is 0 Å². The lowest BCUT2D eigenvalue weighted by Gasteiger charge is -2.11. The zero-order valence-electron chi connectivity index (χ0n) is 8.18. The summed E-state index contributed by atoms with van der Waals surface area (Å²) in [5.74, 6) is 0.572. The first-order valence-corrected chi connectivity index (χ1v) is 5.08. The van der Waals surface area contributed by atoms with Crippen molar-refractivity contribution in [1.82, 2.24) is 0 Å². The van der Waals surface area contributed by atoms with E-state index in [-0.39, 0.29) is 0 Å². The van der Waals surface area contributed by atoms with E-state index in [9.17, 15) is 0 Å². The van der Waals surface area contributed by atoms with Crippen LogP contribution in [0.4, 0.5) is 5.69 Å². The number of anilines is 1. The van der Waals surface area contributed by atoms with Crippen molar-refractivity contribution in [2.24, 2.45) is 0 Å². The second kappa shape index (κ2) is 4.52. The molecule has 0 aliphatic carbocycles. The number of benzene rings is 1. The van der Waals surface area contributed by atoms with Gasteiger partial charge in [0.25, 0.3) is 0 Å². The molecule has 1 rings (SSSR count). The molecule has 0 radical (unpaired) electrons. The molecule has 1 aromatic rings. The summed E-state index contributed by atoms with van der Waals surface area (Å²) in [5, 5.41) is 0.667. The van der Waals surface area contributed by atoms with Gasteiger partial charge >= 0.3 is 0 Å². The number of hydrogen-bond acceptors (Lipinski definition) is 1. The monoisotopic (exact) mass is 197 g/mol. The molecule has 72 valence electrons. The van der Waals surface area contributed by atoms with Gasteiger partial charge < -0.3 is 5.73 Å². The molecule has 0 saturated heterocycles. The highest BCUT2D eigenvalue weighted by molar-refractivity contribution is 6.33. The fraction of sp³-hybridized carbons (Fsp3) is 0.455. The highest BCUT2D eigenvalue weighted by Gasteiger charge is 2.05. The molecule has 0 aliphatic heterocycles. The van der Waals surface area contributed by atoms with Crippen LogP contribution in [0.3, 0.4) is 0 Å². The summed E-state index contributed by atoms with van der Waals surface area (Å²) in [4.78, 5) is 0. The second-order valence-corrected chi connectivity index (χ2v) is 3.88. The minimum atomic E-state index is 0.572. The van der Waals surface area contributed by atoms with Gasteiger partial charge in [-0.05, 0) is 30.0 Å². The Morgan fingerprint density at radius 2 is 2.15 bits per heavy atom. The smallest absolute Gasteiger partial charge is 0.0638 e. The Labute approximate surface area is 84.9 Å². The molecular formula is C11H16ClN. The number of halogens is 1. The molecule has 2 heteroatoms. The Morgan fingerprint density at radius 1 is 1.46 bits per heavy atom. The molecule has 1 atom stereocenters. The van der Waals surface area contributed by atoms with Crippen molar-refractivity contribution in [2.75, 3.05) is 5.73 Å². The SMILES string of the molecule is CCCC(C)c1ccc(N)c(Cl)c1. The Balaban J connectivity index is 2.84. The summed E-state index contributed by atoms with van der Waals surface area (Å²) in [6.07, 6.45) is 2.39. The molecule has 2 N–H and O–H groups in total. The summed E-state index contributed by atoms with van der Waals surface area (Å²) >= 11 is 5.93.